The molecule has 1 fully saturated rings. The Kier molecular flexibility index (Phi) is 4.94. The minimum Gasteiger partial charge on any atom is -0.481 e. The second-order valence-corrected chi connectivity index (χ2v) is 4.21. The van der Waals surface area contributed by atoms with Crippen molar-refractivity contribution in [1.29, 1.82) is 0 Å². The van der Waals surface area contributed by atoms with Crippen molar-refractivity contribution >= 4 is 5.97 Å². The van der Waals surface area contributed by atoms with Crippen LogP contribution in [0.4, 0.5) is 0 Å². The Morgan fingerprint density at radius 3 is 2.93 bits per heavy atom. The molecule has 1 heterocycles. The third-order valence-electron chi connectivity index (χ3n) is 3.25. The van der Waals surface area contributed by atoms with E-state index >= 15 is 0 Å². The molecule has 0 aliphatic carbocycles. The zero-order chi connectivity index (χ0) is 10.4. The molecule has 0 radical (unpaired) electrons. The van der Waals surface area contributed by atoms with Gasteiger partial charge in [-0.25, -0.2) is 0 Å². The first kappa shape index (κ1) is 11.5. The number of hydrogen-bond acceptors (Lipinski definition) is 2. The Hall–Kier alpha value is -0.570. The van der Waals surface area contributed by atoms with E-state index < -0.39 is 5.97 Å². The first-order chi connectivity index (χ1) is 6.74. The SMILES string of the molecule is CCC(CC(=O)O)C1CCCNCC1. The molecule has 0 amide bonds. The van der Waals surface area contributed by atoms with E-state index in [-0.39, 0.29) is 0 Å². The van der Waals surface area contributed by atoms with Gasteiger partial charge < -0.3 is 10.4 Å². The van der Waals surface area contributed by atoms with Crippen molar-refractivity contribution in [3.8, 4) is 0 Å². The zero-order valence-corrected chi connectivity index (χ0v) is 8.96. The van der Waals surface area contributed by atoms with Crippen molar-refractivity contribution < 1.29 is 9.90 Å². The largest absolute Gasteiger partial charge is 0.481 e. The van der Waals surface area contributed by atoms with Crippen molar-refractivity contribution in [2.75, 3.05) is 13.1 Å². The summed E-state index contributed by atoms with van der Waals surface area (Å²) in [6, 6.07) is 0. The lowest BCUT2D eigenvalue weighted by Gasteiger charge is -2.23. The fourth-order valence-corrected chi connectivity index (χ4v) is 2.39. The Labute approximate surface area is 85.9 Å². The van der Waals surface area contributed by atoms with Gasteiger partial charge in [-0.2, -0.15) is 0 Å². The van der Waals surface area contributed by atoms with Crippen molar-refractivity contribution in [2.24, 2.45) is 11.8 Å². The predicted molar refractivity (Wildman–Crippen MR) is 56.2 cm³/mol. The third kappa shape index (κ3) is 3.66. The van der Waals surface area contributed by atoms with Crippen LogP contribution < -0.4 is 5.32 Å². The fraction of sp³-hybridized carbons (Fsp3) is 0.909. The molecule has 2 atom stereocenters. The van der Waals surface area contributed by atoms with Crippen LogP contribution in [0.1, 0.15) is 39.0 Å². The van der Waals surface area contributed by atoms with E-state index in [2.05, 4.69) is 12.2 Å². The van der Waals surface area contributed by atoms with E-state index in [4.69, 9.17) is 5.11 Å². The molecule has 1 aliphatic heterocycles. The van der Waals surface area contributed by atoms with Crippen LogP contribution in [0, 0.1) is 11.8 Å². The summed E-state index contributed by atoms with van der Waals surface area (Å²) in [5.41, 5.74) is 0. The van der Waals surface area contributed by atoms with E-state index in [1.807, 2.05) is 0 Å². The van der Waals surface area contributed by atoms with Crippen LogP contribution in [-0.2, 0) is 4.79 Å². The number of carbonyl (C=O) groups is 1. The summed E-state index contributed by atoms with van der Waals surface area (Å²) in [7, 11) is 0. The molecule has 0 bridgehead atoms. The lowest BCUT2D eigenvalue weighted by molar-refractivity contribution is -0.138. The molecule has 0 aromatic heterocycles. The highest BCUT2D eigenvalue weighted by Crippen LogP contribution is 2.27. The maximum absolute atomic E-state index is 10.7. The maximum Gasteiger partial charge on any atom is 0.303 e. The molecule has 0 spiro atoms. The average molecular weight is 199 g/mol. The summed E-state index contributed by atoms with van der Waals surface area (Å²) >= 11 is 0. The minimum atomic E-state index is -0.644. The lowest BCUT2D eigenvalue weighted by Crippen LogP contribution is -2.19. The summed E-state index contributed by atoms with van der Waals surface area (Å²) in [4.78, 5) is 10.7. The second-order valence-electron chi connectivity index (χ2n) is 4.21. The van der Waals surface area contributed by atoms with Gasteiger partial charge in [0.25, 0.3) is 0 Å². The molecule has 1 saturated heterocycles. The first-order valence-corrected chi connectivity index (χ1v) is 5.66. The monoisotopic (exact) mass is 199 g/mol. The third-order valence-corrected chi connectivity index (χ3v) is 3.25. The first-order valence-electron chi connectivity index (χ1n) is 5.66. The van der Waals surface area contributed by atoms with Crippen LogP contribution >= 0.6 is 0 Å². The minimum absolute atomic E-state index is 0.348. The van der Waals surface area contributed by atoms with Gasteiger partial charge in [0, 0.05) is 6.42 Å². The van der Waals surface area contributed by atoms with Gasteiger partial charge >= 0.3 is 5.97 Å². The number of rotatable bonds is 4. The van der Waals surface area contributed by atoms with Crippen molar-refractivity contribution in [3.05, 3.63) is 0 Å². The number of hydrogen-bond donors (Lipinski definition) is 2. The van der Waals surface area contributed by atoms with Gasteiger partial charge in [0.05, 0.1) is 0 Å². The Morgan fingerprint density at radius 2 is 2.29 bits per heavy atom. The van der Waals surface area contributed by atoms with Crippen LogP contribution in [0.2, 0.25) is 0 Å². The highest BCUT2D eigenvalue weighted by molar-refractivity contribution is 5.67. The van der Waals surface area contributed by atoms with E-state index in [0.717, 1.165) is 25.9 Å². The van der Waals surface area contributed by atoms with Gasteiger partial charge in [-0.15, -0.1) is 0 Å². The van der Waals surface area contributed by atoms with Crippen LogP contribution in [0.5, 0.6) is 0 Å². The predicted octanol–water partition coefficient (Wildman–Crippen LogP) is 1.88. The Balaban J connectivity index is 2.44. The van der Waals surface area contributed by atoms with Crippen LogP contribution in [-0.4, -0.2) is 24.2 Å². The average Bonchev–Trinajstić information content (AvgIpc) is 2.41. The maximum atomic E-state index is 10.7. The lowest BCUT2D eigenvalue weighted by atomic mass is 9.82. The summed E-state index contributed by atoms with van der Waals surface area (Å²) in [6.45, 7) is 4.26. The number of carboxylic acid groups (broad SMARTS) is 1. The van der Waals surface area contributed by atoms with Gasteiger partial charge in [0.15, 0.2) is 0 Å². The zero-order valence-electron chi connectivity index (χ0n) is 8.96. The van der Waals surface area contributed by atoms with E-state index in [1.165, 1.54) is 12.8 Å². The standard InChI is InChI=1S/C11H21NO2/c1-2-9(8-11(13)14)10-4-3-6-12-7-5-10/h9-10,12H,2-8H2,1H3,(H,13,14). The normalized spacial score (nSPS) is 25.4. The summed E-state index contributed by atoms with van der Waals surface area (Å²) in [5.74, 6) is 0.354. The molecule has 2 N–H and O–H groups in total. The molecular formula is C11H21NO2. The van der Waals surface area contributed by atoms with E-state index in [9.17, 15) is 4.79 Å². The molecule has 3 heteroatoms. The summed E-state index contributed by atoms with van der Waals surface area (Å²) in [5, 5.41) is 12.2. The highest BCUT2D eigenvalue weighted by Gasteiger charge is 2.23. The van der Waals surface area contributed by atoms with Crippen LogP contribution in [0.15, 0.2) is 0 Å². The molecule has 2 unspecified atom stereocenters. The molecule has 0 aromatic rings. The molecule has 14 heavy (non-hydrogen) atoms. The van der Waals surface area contributed by atoms with Gasteiger partial charge in [-0.05, 0) is 44.2 Å². The van der Waals surface area contributed by atoms with Crippen molar-refractivity contribution in [2.45, 2.75) is 39.0 Å². The van der Waals surface area contributed by atoms with Crippen molar-refractivity contribution in [1.82, 2.24) is 5.32 Å². The molecule has 0 saturated carbocycles. The van der Waals surface area contributed by atoms with Crippen molar-refractivity contribution in [3.63, 3.8) is 0 Å². The smallest absolute Gasteiger partial charge is 0.303 e. The second kappa shape index (κ2) is 6.02. The van der Waals surface area contributed by atoms with Gasteiger partial charge in [-0.3, -0.25) is 4.79 Å². The fourth-order valence-electron chi connectivity index (χ4n) is 2.39. The summed E-state index contributed by atoms with van der Waals surface area (Å²) < 4.78 is 0. The number of aliphatic carboxylic acids is 1. The highest BCUT2D eigenvalue weighted by atomic mass is 16.4. The summed E-state index contributed by atoms with van der Waals surface area (Å²) in [6.07, 6.45) is 4.88. The van der Waals surface area contributed by atoms with E-state index in [1.54, 1.807) is 0 Å². The quantitative estimate of drug-likeness (QED) is 0.726. The molecule has 3 nitrogen and oxygen atoms in total. The number of carboxylic acids is 1. The molecule has 0 aromatic carbocycles. The van der Waals surface area contributed by atoms with Gasteiger partial charge in [0.2, 0.25) is 0 Å². The van der Waals surface area contributed by atoms with Gasteiger partial charge in [0.1, 0.15) is 0 Å². The Morgan fingerprint density at radius 1 is 1.50 bits per heavy atom. The van der Waals surface area contributed by atoms with Gasteiger partial charge in [-0.1, -0.05) is 13.3 Å². The molecule has 82 valence electrons. The van der Waals surface area contributed by atoms with E-state index in [0.29, 0.717) is 18.3 Å². The Bertz CT molecular complexity index is 174. The van der Waals surface area contributed by atoms with Crippen LogP contribution in [0.3, 0.4) is 0 Å². The topological polar surface area (TPSA) is 49.3 Å². The van der Waals surface area contributed by atoms with Crippen LogP contribution in [0.25, 0.3) is 0 Å². The number of nitrogens with one attached hydrogen (secondary N) is 1. The molecule has 1 aliphatic rings. The molecule has 1 rings (SSSR count). The molecular weight excluding hydrogens is 178 g/mol.